The lowest BCUT2D eigenvalue weighted by Crippen LogP contribution is -2.01. The summed E-state index contributed by atoms with van der Waals surface area (Å²) in [6.45, 7) is 1.91. The highest BCUT2D eigenvalue weighted by molar-refractivity contribution is 5.88. The van der Waals surface area contributed by atoms with Crippen molar-refractivity contribution in [1.29, 1.82) is 0 Å². The van der Waals surface area contributed by atoms with Gasteiger partial charge in [-0.1, -0.05) is 24.3 Å². The van der Waals surface area contributed by atoms with E-state index >= 15 is 0 Å². The SMILES string of the molecule is Cc1cc(C(=O)O)ccc1-c1ccnn1-c1ccccc1. The molecule has 0 aliphatic rings. The first-order valence-corrected chi connectivity index (χ1v) is 6.60. The van der Waals surface area contributed by atoms with Gasteiger partial charge in [-0.2, -0.15) is 5.10 Å². The van der Waals surface area contributed by atoms with E-state index < -0.39 is 5.97 Å². The van der Waals surface area contributed by atoms with Crippen molar-refractivity contribution in [3.8, 4) is 16.9 Å². The maximum Gasteiger partial charge on any atom is 0.335 e. The summed E-state index contributed by atoms with van der Waals surface area (Å²) in [6.07, 6.45) is 1.74. The maximum absolute atomic E-state index is 11.0. The quantitative estimate of drug-likeness (QED) is 0.797. The average molecular weight is 278 g/mol. The third-order valence-electron chi connectivity index (χ3n) is 3.39. The Morgan fingerprint density at radius 3 is 2.52 bits per heavy atom. The summed E-state index contributed by atoms with van der Waals surface area (Å²) in [5.41, 5.74) is 4.09. The van der Waals surface area contributed by atoms with Crippen LogP contribution in [0.15, 0.2) is 60.8 Å². The van der Waals surface area contributed by atoms with Gasteiger partial charge in [0.2, 0.25) is 0 Å². The fraction of sp³-hybridized carbons (Fsp3) is 0.0588. The van der Waals surface area contributed by atoms with Crippen LogP contribution in [-0.2, 0) is 0 Å². The van der Waals surface area contributed by atoms with Gasteiger partial charge in [0.25, 0.3) is 0 Å². The number of para-hydroxylation sites is 1. The molecule has 3 aromatic rings. The van der Waals surface area contributed by atoms with Gasteiger partial charge in [-0.25, -0.2) is 9.48 Å². The van der Waals surface area contributed by atoms with Crippen LogP contribution >= 0.6 is 0 Å². The van der Waals surface area contributed by atoms with Crippen LogP contribution in [0.4, 0.5) is 0 Å². The Balaban J connectivity index is 2.11. The summed E-state index contributed by atoms with van der Waals surface area (Å²) >= 11 is 0. The zero-order valence-electron chi connectivity index (χ0n) is 11.5. The molecule has 3 rings (SSSR count). The molecule has 21 heavy (non-hydrogen) atoms. The van der Waals surface area contributed by atoms with Crippen molar-refractivity contribution in [3.63, 3.8) is 0 Å². The molecule has 104 valence electrons. The zero-order chi connectivity index (χ0) is 14.8. The van der Waals surface area contributed by atoms with Crippen LogP contribution in [0.2, 0.25) is 0 Å². The normalized spacial score (nSPS) is 10.5. The average Bonchev–Trinajstić information content (AvgIpc) is 2.97. The topological polar surface area (TPSA) is 55.1 Å². The zero-order valence-corrected chi connectivity index (χ0v) is 11.5. The summed E-state index contributed by atoms with van der Waals surface area (Å²) in [5.74, 6) is -0.916. The van der Waals surface area contributed by atoms with Crippen LogP contribution in [0.5, 0.6) is 0 Å². The number of nitrogens with zero attached hydrogens (tertiary/aromatic N) is 2. The second-order valence-corrected chi connectivity index (χ2v) is 4.80. The molecule has 0 saturated carbocycles. The molecule has 0 aliphatic heterocycles. The first-order valence-electron chi connectivity index (χ1n) is 6.60. The molecule has 0 amide bonds. The Bertz CT molecular complexity index is 792. The van der Waals surface area contributed by atoms with E-state index in [1.807, 2.05) is 54.1 Å². The van der Waals surface area contributed by atoms with Crippen molar-refractivity contribution in [2.45, 2.75) is 6.92 Å². The van der Waals surface area contributed by atoms with Gasteiger partial charge < -0.3 is 5.11 Å². The van der Waals surface area contributed by atoms with E-state index in [0.29, 0.717) is 5.56 Å². The first-order chi connectivity index (χ1) is 10.2. The lowest BCUT2D eigenvalue weighted by atomic mass is 10.0. The number of aryl methyl sites for hydroxylation is 1. The highest BCUT2D eigenvalue weighted by Gasteiger charge is 2.11. The van der Waals surface area contributed by atoms with Crippen molar-refractivity contribution in [3.05, 3.63) is 71.9 Å². The van der Waals surface area contributed by atoms with E-state index in [9.17, 15) is 4.79 Å². The predicted octanol–water partition coefficient (Wildman–Crippen LogP) is 3.55. The molecular weight excluding hydrogens is 264 g/mol. The van der Waals surface area contributed by atoms with Crippen molar-refractivity contribution < 1.29 is 9.90 Å². The molecule has 0 bridgehead atoms. The van der Waals surface area contributed by atoms with E-state index in [0.717, 1.165) is 22.5 Å². The Morgan fingerprint density at radius 1 is 1.10 bits per heavy atom. The second-order valence-electron chi connectivity index (χ2n) is 4.80. The van der Waals surface area contributed by atoms with Crippen LogP contribution in [0.3, 0.4) is 0 Å². The maximum atomic E-state index is 11.0. The standard InChI is InChI=1S/C17H14N2O2/c1-12-11-13(17(20)21)7-8-15(12)16-9-10-18-19(16)14-5-3-2-4-6-14/h2-11H,1H3,(H,20,21). The molecule has 2 aromatic carbocycles. The molecule has 1 aromatic heterocycles. The number of carboxylic acids is 1. The Labute approximate surface area is 122 Å². The minimum Gasteiger partial charge on any atom is -0.478 e. The van der Waals surface area contributed by atoms with E-state index in [4.69, 9.17) is 5.11 Å². The van der Waals surface area contributed by atoms with Gasteiger partial charge in [0.05, 0.1) is 23.1 Å². The smallest absolute Gasteiger partial charge is 0.335 e. The molecule has 0 fully saturated rings. The third-order valence-corrected chi connectivity index (χ3v) is 3.39. The molecule has 1 N–H and O–H groups in total. The van der Waals surface area contributed by atoms with E-state index in [2.05, 4.69) is 5.10 Å². The predicted molar refractivity (Wildman–Crippen MR) is 80.7 cm³/mol. The summed E-state index contributed by atoms with van der Waals surface area (Å²) in [4.78, 5) is 11.0. The van der Waals surface area contributed by atoms with Crippen molar-refractivity contribution in [2.24, 2.45) is 0 Å². The molecule has 0 saturated heterocycles. The molecule has 0 radical (unpaired) electrons. The van der Waals surface area contributed by atoms with Crippen LogP contribution in [-0.4, -0.2) is 20.9 Å². The summed E-state index contributed by atoms with van der Waals surface area (Å²) < 4.78 is 1.85. The van der Waals surface area contributed by atoms with Crippen LogP contribution in [0.1, 0.15) is 15.9 Å². The molecule has 0 spiro atoms. The van der Waals surface area contributed by atoms with Gasteiger partial charge in [0, 0.05) is 5.56 Å². The lowest BCUT2D eigenvalue weighted by molar-refractivity contribution is 0.0697. The van der Waals surface area contributed by atoms with E-state index in [-0.39, 0.29) is 0 Å². The number of carbonyl (C=O) groups is 1. The summed E-state index contributed by atoms with van der Waals surface area (Å²) in [7, 11) is 0. The van der Waals surface area contributed by atoms with Crippen LogP contribution in [0, 0.1) is 6.92 Å². The Hall–Kier alpha value is -2.88. The fourth-order valence-corrected chi connectivity index (χ4v) is 2.37. The minimum absolute atomic E-state index is 0.294. The number of hydrogen-bond acceptors (Lipinski definition) is 2. The van der Waals surface area contributed by atoms with E-state index in [1.165, 1.54) is 0 Å². The number of benzene rings is 2. The molecule has 1 heterocycles. The highest BCUT2D eigenvalue weighted by Crippen LogP contribution is 2.26. The summed E-state index contributed by atoms with van der Waals surface area (Å²) in [6, 6.07) is 16.9. The number of hydrogen-bond donors (Lipinski definition) is 1. The van der Waals surface area contributed by atoms with E-state index in [1.54, 1.807) is 18.3 Å². The number of aromatic carboxylic acids is 1. The highest BCUT2D eigenvalue weighted by atomic mass is 16.4. The second kappa shape index (κ2) is 5.25. The minimum atomic E-state index is -0.916. The lowest BCUT2D eigenvalue weighted by Gasteiger charge is -2.10. The molecule has 0 atom stereocenters. The monoisotopic (exact) mass is 278 g/mol. The van der Waals surface area contributed by atoms with Gasteiger partial charge in [0.15, 0.2) is 0 Å². The molecular formula is C17H14N2O2. The first kappa shape index (κ1) is 13.1. The van der Waals surface area contributed by atoms with Crippen molar-refractivity contribution >= 4 is 5.97 Å². The van der Waals surface area contributed by atoms with Gasteiger partial charge in [0.1, 0.15) is 0 Å². The van der Waals surface area contributed by atoms with Gasteiger partial charge in [-0.05, 0) is 42.8 Å². The fourth-order valence-electron chi connectivity index (χ4n) is 2.37. The molecule has 0 unspecified atom stereocenters. The van der Waals surface area contributed by atoms with Crippen molar-refractivity contribution in [2.75, 3.05) is 0 Å². The Morgan fingerprint density at radius 2 is 1.86 bits per heavy atom. The number of aromatic nitrogens is 2. The van der Waals surface area contributed by atoms with Gasteiger partial charge >= 0.3 is 5.97 Å². The number of rotatable bonds is 3. The summed E-state index contributed by atoms with van der Waals surface area (Å²) in [5, 5.41) is 13.4. The Kier molecular flexibility index (Phi) is 3.28. The van der Waals surface area contributed by atoms with Crippen molar-refractivity contribution in [1.82, 2.24) is 9.78 Å². The molecule has 0 aliphatic carbocycles. The van der Waals surface area contributed by atoms with Gasteiger partial charge in [-0.3, -0.25) is 0 Å². The third kappa shape index (κ3) is 2.43. The van der Waals surface area contributed by atoms with Gasteiger partial charge in [-0.15, -0.1) is 0 Å². The largest absolute Gasteiger partial charge is 0.478 e. The van der Waals surface area contributed by atoms with Crippen LogP contribution < -0.4 is 0 Å². The number of carboxylic acid groups (broad SMARTS) is 1. The molecule has 4 heteroatoms. The molecule has 4 nitrogen and oxygen atoms in total. The van der Waals surface area contributed by atoms with Crippen LogP contribution in [0.25, 0.3) is 16.9 Å².